The highest BCUT2D eigenvalue weighted by Gasteiger charge is 2.25. The number of hydrogen-bond donors (Lipinski definition) is 2. The van der Waals surface area contributed by atoms with Crippen LogP contribution in [-0.2, 0) is 4.57 Å². The van der Waals surface area contributed by atoms with Crippen LogP contribution < -0.4 is 4.52 Å². The Bertz CT molecular complexity index is 664. The Kier molecular flexibility index (Phi) is 3.04. The van der Waals surface area contributed by atoms with Crippen LogP contribution in [0.5, 0.6) is 5.75 Å². The average Bonchev–Trinajstić information content (AvgIpc) is 2.27. The first kappa shape index (κ1) is 12.5. The normalized spacial score (nSPS) is 11.4. The molecule has 0 bridgehead atoms. The Morgan fingerprint density at radius 1 is 1.17 bits per heavy atom. The molecule has 18 heavy (non-hydrogen) atoms. The Hall–Kier alpha value is -1.95. The van der Waals surface area contributed by atoms with Crippen LogP contribution in [0.25, 0.3) is 10.8 Å². The van der Waals surface area contributed by atoms with Gasteiger partial charge in [0.1, 0.15) is 0 Å². The number of nitro groups is 1. The largest absolute Gasteiger partial charge is 0.525 e. The zero-order valence-corrected chi connectivity index (χ0v) is 9.78. The second-order valence-corrected chi connectivity index (χ2v) is 4.64. The first-order valence-corrected chi connectivity index (χ1v) is 6.33. The van der Waals surface area contributed by atoms with E-state index in [1.165, 1.54) is 12.1 Å². The highest BCUT2D eigenvalue weighted by atomic mass is 31.2. The second-order valence-electron chi connectivity index (χ2n) is 3.47. The minimum atomic E-state index is -4.86. The van der Waals surface area contributed by atoms with Crippen molar-refractivity contribution in [2.75, 3.05) is 0 Å². The molecule has 0 unspecified atom stereocenters. The molecule has 0 aliphatic carbocycles. The number of rotatable bonds is 3. The van der Waals surface area contributed by atoms with E-state index in [0.29, 0.717) is 5.39 Å². The van der Waals surface area contributed by atoms with E-state index < -0.39 is 24.2 Å². The Balaban J connectivity index is 2.74. The van der Waals surface area contributed by atoms with Crippen molar-refractivity contribution >= 4 is 24.3 Å². The molecular weight excluding hydrogens is 261 g/mol. The maximum absolute atomic E-state index is 10.9. The molecule has 0 atom stereocenters. The lowest BCUT2D eigenvalue weighted by Gasteiger charge is -2.09. The SMILES string of the molecule is O=[N+]([O-])c1ccc2ccccc2c1OP(=O)(O)O. The van der Waals surface area contributed by atoms with Crippen molar-refractivity contribution in [3.8, 4) is 5.75 Å². The van der Waals surface area contributed by atoms with Crippen molar-refractivity contribution in [1.29, 1.82) is 0 Å². The van der Waals surface area contributed by atoms with Crippen molar-refractivity contribution < 1.29 is 23.8 Å². The predicted octanol–water partition coefficient (Wildman–Crippen LogP) is 2.22. The molecule has 0 aliphatic rings. The topological polar surface area (TPSA) is 110 Å². The summed E-state index contributed by atoms with van der Waals surface area (Å²) in [4.78, 5) is 27.7. The number of nitro benzene ring substituents is 1. The fourth-order valence-corrected chi connectivity index (χ4v) is 2.02. The third-order valence-corrected chi connectivity index (χ3v) is 2.69. The van der Waals surface area contributed by atoms with Crippen LogP contribution in [0.2, 0.25) is 0 Å². The van der Waals surface area contributed by atoms with Gasteiger partial charge in [0.15, 0.2) is 0 Å². The van der Waals surface area contributed by atoms with Gasteiger partial charge in [0, 0.05) is 11.5 Å². The lowest BCUT2D eigenvalue weighted by atomic mass is 10.1. The molecular formula is C10H8NO6P. The quantitative estimate of drug-likeness (QED) is 0.502. The van der Waals surface area contributed by atoms with Crippen LogP contribution in [-0.4, -0.2) is 14.7 Å². The minimum Gasteiger partial charge on any atom is -0.396 e. The van der Waals surface area contributed by atoms with Gasteiger partial charge in [-0.15, -0.1) is 0 Å². The van der Waals surface area contributed by atoms with Gasteiger partial charge < -0.3 is 4.52 Å². The predicted molar refractivity (Wildman–Crippen MR) is 63.3 cm³/mol. The summed E-state index contributed by atoms with van der Waals surface area (Å²) in [6, 6.07) is 9.08. The molecule has 0 amide bonds. The van der Waals surface area contributed by atoms with Crippen molar-refractivity contribution in [1.82, 2.24) is 0 Å². The molecule has 7 nitrogen and oxygen atoms in total. The van der Waals surface area contributed by atoms with Gasteiger partial charge in [-0.3, -0.25) is 19.9 Å². The highest BCUT2D eigenvalue weighted by Crippen LogP contribution is 2.45. The lowest BCUT2D eigenvalue weighted by molar-refractivity contribution is -0.385. The monoisotopic (exact) mass is 269 g/mol. The molecule has 0 saturated heterocycles. The van der Waals surface area contributed by atoms with Crippen LogP contribution in [0.1, 0.15) is 0 Å². The summed E-state index contributed by atoms with van der Waals surface area (Å²) < 4.78 is 15.3. The Morgan fingerprint density at radius 3 is 2.44 bits per heavy atom. The van der Waals surface area contributed by atoms with Gasteiger partial charge in [-0.2, -0.15) is 0 Å². The zero-order chi connectivity index (χ0) is 13.3. The van der Waals surface area contributed by atoms with Crippen molar-refractivity contribution in [2.45, 2.75) is 0 Å². The number of fused-ring (bicyclic) bond motifs is 1. The number of hydrogen-bond acceptors (Lipinski definition) is 4. The van der Waals surface area contributed by atoms with Crippen molar-refractivity contribution in [3.63, 3.8) is 0 Å². The third-order valence-electron chi connectivity index (χ3n) is 2.27. The van der Waals surface area contributed by atoms with E-state index in [9.17, 15) is 14.7 Å². The summed E-state index contributed by atoms with van der Waals surface area (Å²) in [5, 5.41) is 11.7. The van der Waals surface area contributed by atoms with Crippen LogP contribution in [0.4, 0.5) is 5.69 Å². The first-order valence-electron chi connectivity index (χ1n) is 4.80. The van der Waals surface area contributed by atoms with E-state index in [-0.39, 0.29) is 5.39 Å². The highest BCUT2D eigenvalue weighted by molar-refractivity contribution is 7.46. The third kappa shape index (κ3) is 2.48. The van der Waals surface area contributed by atoms with Crippen LogP contribution in [0.3, 0.4) is 0 Å². The zero-order valence-electron chi connectivity index (χ0n) is 8.89. The maximum atomic E-state index is 10.9. The van der Waals surface area contributed by atoms with E-state index in [2.05, 4.69) is 4.52 Å². The summed E-state index contributed by atoms with van der Waals surface area (Å²) in [6.07, 6.45) is 0. The summed E-state index contributed by atoms with van der Waals surface area (Å²) in [7, 11) is -4.86. The van der Waals surface area contributed by atoms with Crippen molar-refractivity contribution in [2.24, 2.45) is 0 Å². The second kappa shape index (κ2) is 4.38. The smallest absolute Gasteiger partial charge is 0.396 e. The van der Waals surface area contributed by atoms with Gasteiger partial charge in [-0.25, -0.2) is 4.57 Å². The summed E-state index contributed by atoms with van der Waals surface area (Å²) in [6.45, 7) is 0. The fourth-order valence-electron chi connectivity index (χ4n) is 1.59. The van der Waals surface area contributed by atoms with Gasteiger partial charge >= 0.3 is 13.5 Å². The average molecular weight is 269 g/mol. The van der Waals surface area contributed by atoms with E-state index >= 15 is 0 Å². The molecule has 0 fully saturated rings. The molecule has 0 aliphatic heterocycles. The van der Waals surface area contributed by atoms with Gasteiger partial charge in [-0.1, -0.05) is 24.3 Å². The lowest BCUT2D eigenvalue weighted by Crippen LogP contribution is -1.97. The molecule has 0 saturated carbocycles. The van der Waals surface area contributed by atoms with Crippen LogP contribution in [0, 0.1) is 10.1 Å². The first-order chi connectivity index (χ1) is 8.38. The van der Waals surface area contributed by atoms with E-state index in [4.69, 9.17) is 9.79 Å². The van der Waals surface area contributed by atoms with Gasteiger partial charge in [0.05, 0.1) is 4.92 Å². The van der Waals surface area contributed by atoms with E-state index in [1.54, 1.807) is 18.2 Å². The van der Waals surface area contributed by atoms with E-state index in [1.807, 2.05) is 0 Å². The summed E-state index contributed by atoms with van der Waals surface area (Å²) >= 11 is 0. The maximum Gasteiger partial charge on any atom is 0.525 e. The molecule has 0 spiro atoms. The molecule has 94 valence electrons. The summed E-state index contributed by atoms with van der Waals surface area (Å²) in [5.41, 5.74) is -0.489. The fraction of sp³-hybridized carbons (Fsp3) is 0. The number of phosphoric acid groups is 1. The molecule has 0 radical (unpaired) electrons. The van der Waals surface area contributed by atoms with Gasteiger partial charge in [0.25, 0.3) is 0 Å². The molecule has 2 aromatic rings. The number of phosphoric ester groups is 1. The van der Waals surface area contributed by atoms with Gasteiger partial charge in [0.2, 0.25) is 5.75 Å². The summed E-state index contributed by atoms with van der Waals surface area (Å²) in [5.74, 6) is -0.425. The molecule has 2 N–H and O–H groups in total. The van der Waals surface area contributed by atoms with Gasteiger partial charge in [-0.05, 0) is 11.5 Å². The molecule has 0 heterocycles. The van der Waals surface area contributed by atoms with Crippen LogP contribution >= 0.6 is 7.82 Å². The molecule has 0 aromatic heterocycles. The standard InChI is InChI=1S/C10H8NO6P/c12-11(13)9-6-5-7-3-1-2-4-8(7)10(9)17-18(14,15)16/h1-6H,(H2,14,15,16). The Labute approximate surface area is 101 Å². The Morgan fingerprint density at radius 2 is 1.83 bits per heavy atom. The number of benzene rings is 2. The van der Waals surface area contributed by atoms with Crippen LogP contribution in [0.15, 0.2) is 36.4 Å². The molecule has 2 rings (SSSR count). The van der Waals surface area contributed by atoms with Crippen molar-refractivity contribution in [3.05, 3.63) is 46.5 Å². The molecule has 2 aromatic carbocycles. The van der Waals surface area contributed by atoms with E-state index in [0.717, 1.165) is 6.07 Å². The number of nitrogens with zero attached hydrogens (tertiary/aromatic N) is 1. The minimum absolute atomic E-state index is 0.273. The molecule has 8 heteroatoms.